The van der Waals surface area contributed by atoms with E-state index in [4.69, 9.17) is 4.74 Å². The summed E-state index contributed by atoms with van der Waals surface area (Å²) < 4.78 is 5.13. The maximum atomic E-state index is 5.13. The fourth-order valence-electron chi connectivity index (χ4n) is 0.911. The molecule has 1 unspecified atom stereocenters. The zero-order valence-corrected chi connectivity index (χ0v) is 7.16. The predicted molar refractivity (Wildman–Crippen MR) is 44.4 cm³/mol. The van der Waals surface area contributed by atoms with Crippen LogP contribution in [0, 0.1) is 6.92 Å². The Balaban J connectivity index is 2.86. The summed E-state index contributed by atoms with van der Waals surface area (Å²) >= 11 is 0. The molecule has 11 heavy (non-hydrogen) atoms. The van der Waals surface area contributed by atoms with Crippen molar-refractivity contribution >= 4 is 0 Å². The first kappa shape index (κ1) is 8.21. The van der Waals surface area contributed by atoms with E-state index in [0.29, 0.717) is 0 Å². The van der Waals surface area contributed by atoms with Gasteiger partial charge in [-0.1, -0.05) is 6.07 Å². The minimum atomic E-state index is 0.0925. The van der Waals surface area contributed by atoms with Gasteiger partial charge in [0.15, 0.2) is 0 Å². The van der Waals surface area contributed by atoms with Crippen LogP contribution < -0.4 is 0 Å². The van der Waals surface area contributed by atoms with Crippen molar-refractivity contribution in [2.75, 3.05) is 7.11 Å². The fourth-order valence-corrected chi connectivity index (χ4v) is 0.911. The summed E-state index contributed by atoms with van der Waals surface area (Å²) in [6, 6.07) is 5.94. The summed E-state index contributed by atoms with van der Waals surface area (Å²) in [6.07, 6.45) is 0.0925. The second kappa shape index (κ2) is 3.49. The molecule has 1 atom stereocenters. The lowest BCUT2D eigenvalue weighted by molar-refractivity contribution is 0.116. The van der Waals surface area contributed by atoms with E-state index < -0.39 is 0 Å². The van der Waals surface area contributed by atoms with Crippen LogP contribution in [0.25, 0.3) is 0 Å². The van der Waals surface area contributed by atoms with Crippen LogP contribution in [0.1, 0.15) is 24.4 Å². The van der Waals surface area contributed by atoms with Gasteiger partial charge < -0.3 is 4.74 Å². The average molecular weight is 151 g/mol. The highest BCUT2D eigenvalue weighted by Crippen LogP contribution is 2.12. The smallest absolute Gasteiger partial charge is 0.0962 e. The van der Waals surface area contributed by atoms with Crippen molar-refractivity contribution in [3.8, 4) is 0 Å². The second-order valence-corrected chi connectivity index (χ2v) is 2.58. The Morgan fingerprint density at radius 2 is 2.18 bits per heavy atom. The molecule has 60 valence electrons. The number of hydrogen-bond donors (Lipinski definition) is 0. The molecule has 0 fully saturated rings. The van der Waals surface area contributed by atoms with E-state index in [1.165, 1.54) is 0 Å². The van der Waals surface area contributed by atoms with Gasteiger partial charge in [0.05, 0.1) is 11.8 Å². The van der Waals surface area contributed by atoms with Crippen molar-refractivity contribution in [2.24, 2.45) is 0 Å². The first-order valence-corrected chi connectivity index (χ1v) is 3.70. The standard InChI is InChI=1S/C9H13NO/c1-7-5-4-6-9(10-7)8(2)11-3/h4-6,8H,1-3H3. The normalized spacial score (nSPS) is 13.0. The van der Waals surface area contributed by atoms with Crippen molar-refractivity contribution in [3.63, 3.8) is 0 Å². The molecule has 0 saturated carbocycles. The lowest BCUT2D eigenvalue weighted by Gasteiger charge is -2.08. The van der Waals surface area contributed by atoms with Gasteiger partial charge in [0.1, 0.15) is 0 Å². The van der Waals surface area contributed by atoms with E-state index >= 15 is 0 Å². The van der Waals surface area contributed by atoms with Gasteiger partial charge >= 0.3 is 0 Å². The Morgan fingerprint density at radius 3 is 2.73 bits per heavy atom. The summed E-state index contributed by atoms with van der Waals surface area (Å²) in [5.41, 5.74) is 2.03. The molecule has 2 nitrogen and oxygen atoms in total. The molecule has 2 heteroatoms. The molecule has 0 N–H and O–H groups in total. The van der Waals surface area contributed by atoms with Gasteiger partial charge in [0.2, 0.25) is 0 Å². The van der Waals surface area contributed by atoms with Crippen molar-refractivity contribution in [1.29, 1.82) is 0 Å². The molecule has 0 aliphatic rings. The summed E-state index contributed by atoms with van der Waals surface area (Å²) in [6.45, 7) is 3.97. The average Bonchev–Trinajstić information content (AvgIpc) is 2.03. The first-order valence-electron chi connectivity index (χ1n) is 3.70. The number of methoxy groups -OCH3 is 1. The minimum Gasteiger partial charge on any atom is -0.375 e. The molecule has 0 bridgehead atoms. The highest BCUT2D eigenvalue weighted by molar-refractivity contribution is 5.11. The molecule has 0 aromatic carbocycles. The van der Waals surface area contributed by atoms with Gasteiger partial charge in [-0.05, 0) is 26.0 Å². The third kappa shape index (κ3) is 2.02. The topological polar surface area (TPSA) is 22.1 Å². The number of hydrogen-bond acceptors (Lipinski definition) is 2. The number of nitrogens with zero attached hydrogens (tertiary/aromatic N) is 1. The highest BCUT2D eigenvalue weighted by Gasteiger charge is 2.03. The first-order chi connectivity index (χ1) is 5.24. The molecule has 0 aliphatic heterocycles. The second-order valence-electron chi connectivity index (χ2n) is 2.58. The molecular formula is C9H13NO. The van der Waals surface area contributed by atoms with Crippen molar-refractivity contribution in [3.05, 3.63) is 29.6 Å². The van der Waals surface area contributed by atoms with Gasteiger partial charge in [-0.2, -0.15) is 0 Å². The Bertz CT molecular complexity index is 235. The number of ether oxygens (including phenoxy) is 1. The zero-order valence-electron chi connectivity index (χ0n) is 7.16. The SMILES string of the molecule is COC(C)c1cccc(C)n1. The number of rotatable bonds is 2. The summed E-state index contributed by atoms with van der Waals surface area (Å²) in [5, 5.41) is 0. The molecule has 1 heterocycles. The van der Waals surface area contributed by atoms with E-state index in [1.54, 1.807) is 7.11 Å². The van der Waals surface area contributed by atoms with E-state index in [9.17, 15) is 0 Å². The van der Waals surface area contributed by atoms with Crippen LogP contribution in [0.15, 0.2) is 18.2 Å². The van der Waals surface area contributed by atoms with Gasteiger partial charge in [-0.15, -0.1) is 0 Å². The summed E-state index contributed by atoms with van der Waals surface area (Å²) in [4.78, 5) is 4.32. The third-order valence-corrected chi connectivity index (χ3v) is 1.68. The van der Waals surface area contributed by atoms with Gasteiger partial charge in [-0.25, -0.2) is 0 Å². The van der Waals surface area contributed by atoms with Crippen molar-refractivity contribution < 1.29 is 4.74 Å². The molecule has 1 rings (SSSR count). The fraction of sp³-hybridized carbons (Fsp3) is 0.444. The number of aromatic nitrogens is 1. The quantitative estimate of drug-likeness (QED) is 0.645. The van der Waals surface area contributed by atoms with Crippen LogP contribution in [0.4, 0.5) is 0 Å². The maximum Gasteiger partial charge on any atom is 0.0962 e. The molecule has 0 amide bonds. The Labute approximate surface area is 67.2 Å². The van der Waals surface area contributed by atoms with E-state index in [1.807, 2.05) is 32.0 Å². The molecule has 0 aliphatic carbocycles. The van der Waals surface area contributed by atoms with E-state index in [-0.39, 0.29) is 6.10 Å². The lowest BCUT2D eigenvalue weighted by atomic mass is 10.2. The Hall–Kier alpha value is -0.890. The van der Waals surface area contributed by atoms with Crippen LogP contribution in [-0.2, 0) is 4.74 Å². The predicted octanol–water partition coefficient (Wildman–Crippen LogP) is 2.10. The van der Waals surface area contributed by atoms with Crippen molar-refractivity contribution in [1.82, 2.24) is 4.98 Å². The van der Waals surface area contributed by atoms with Crippen LogP contribution >= 0.6 is 0 Å². The number of pyridine rings is 1. The minimum absolute atomic E-state index is 0.0925. The third-order valence-electron chi connectivity index (χ3n) is 1.68. The van der Waals surface area contributed by atoms with Gasteiger partial charge in [-0.3, -0.25) is 4.98 Å². The molecule has 0 radical (unpaired) electrons. The molecule has 1 aromatic rings. The lowest BCUT2D eigenvalue weighted by Crippen LogP contribution is -1.99. The van der Waals surface area contributed by atoms with E-state index in [2.05, 4.69) is 4.98 Å². The van der Waals surface area contributed by atoms with Gasteiger partial charge in [0.25, 0.3) is 0 Å². The largest absolute Gasteiger partial charge is 0.375 e. The Morgan fingerprint density at radius 1 is 1.45 bits per heavy atom. The summed E-state index contributed by atoms with van der Waals surface area (Å²) in [7, 11) is 1.69. The monoisotopic (exact) mass is 151 g/mol. The molecular weight excluding hydrogens is 138 g/mol. The molecule has 1 aromatic heterocycles. The summed E-state index contributed by atoms with van der Waals surface area (Å²) in [5.74, 6) is 0. The molecule has 0 saturated heterocycles. The zero-order chi connectivity index (χ0) is 8.27. The van der Waals surface area contributed by atoms with Crippen LogP contribution in [0.2, 0.25) is 0 Å². The van der Waals surface area contributed by atoms with E-state index in [0.717, 1.165) is 11.4 Å². The Kier molecular flexibility index (Phi) is 2.60. The highest BCUT2D eigenvalue weighted by atomic mass is 16.5. The van der Waals surface area contributed by atoms with Gasteiger partial charge in [0, 0.05) is 12.8 Å². The maximum absolute atomic E-state index is 5.13. The molecule has 0 spiro atoms. The van der Waals surface area contributed by atoms with Crippen LogP contribution in [0.3, 0.4) is 0 Å². The van der Waals surface area contributed by atoms with Crippen LogP contribution in [0.5, 0.6) is 0 Å². The van der Waals surface area contributed by atoms with Crippen LogP contribution in [-0.4, -0.2) is 12.1 Å². The van der Waals surface area contributed by atoms with Crippen molar-refractivity contribution in [2.45, 2.75) is 20.0 Å². The number of aryl methyl sites for hydroxylation is 1.